The minimum Gasteiger partial charge on any atom is -0.491 e. The average molecular weight is 461 g/mol. The molecule has 9 heteroatoms. The maximum absolute atomic E-state index is 13.1. The molecule has 0 spiro atoms. The summed E-state index contributed by atoms with van der Waals surface area (Å²) in [6, 6.07) is 10.2. The predicted molar refractivity (Wildman–Crippen MR) is 119 cm³/mol. The summed E-state index contributed by atoms with van der Waals surface area (Å²) in [5.41, 5.74) is 0.516. The van der Waals surface area contributed by atoms with E-state index in [1.807, 2.05) is 0 Å². The lowest BCUT2D eigenvalue weighted by Crippen LogP contribution is -2.61. The molecule has 33 heavy (non-hydrogen) atoms. The Hall–Kier alpha value is -3.07. The van der Waals surface area contributed by atoms with E-state index in [1.54, 1.807) is 43.9 Å². The Morgan fingerprint density at radius 3 is 2.33 bits per heavy atom. The zero-order valence-corrected chi connectivity index (χ0v) is 18.7. The van der Waals surface area contributed by atoms with Crippen molar-refractivity contribution in [3.63, 3.8) is 0 Å². The lowest BCUT2D eigenvalue weighted by molar-refractivity contribution is -0.137. The number of fused-ring (bicyclic) bond motifs is 1. The molecule has 0 unspecified atom stereocenters. The van der Waals surface area contributed by atoms with Gasteiger partial charge in [0.15, 0.2) is 0 Å². The molecule has 4 rings (SSSR count). The fourth-order valence-electron chi connectivity index (χ4n) is 3.64. The summed E-state index contributed by atoms with van der Waals surface area (Å²) in [5.74, 6) is 1.000. The SMILES string of the molecule is CC(C)(C)OC(=O)N(C1=NCCOc2ccc(-c3ccc(C(F)(F)F)cc3)cc21)C1CNC1. The molecular weight excluding hydrogens is 435 g/mol. The van der Waals surface area contributed by atoms with Gasteiger partial charge in [-0.25, -0.2) is 4.79 Å². The number of nitrogens with zero attached hydrogens (tertiary/aromatic N) is 2. The van der Waals surface area contributed by atoms with Crippen molar-refractivity contribution in [2.45, 2.75) is 38.6 Å². The molecule has 1 fully saturated rings. The summed E-state index contributed by atoms with van der Waals surface area (Å²) in [5, 5.41) is 3.17. The Labute approximate surface area is 190 Å². The molecule has 0 saturated carbocycles. The highest BCUT2D eigenvalue weighted by atomic mass is 19.4. The zero-order chi connectivity index (χ0) is 23.8. The minimum absolute atomic E-state index is 0.126. The van der Waals surface area contributed by atoms with Crippen LogP contribution in [0.3, 0.4) is 0 Å². The first-order valence-corrected chi connectivity index (χ1v) is 10.8. The zero-order valence-electron chi connectivity index (χ0n) is 18.7. The lowest BCUT2D eigenvalue weighted by atomic mass is 9.99. The smallest absolute Gasteiger partial charge is 0.416 e. The summed E-state index contributed by atoms with van der Waals surface area (Å²) < 4.78 is 50.4. The molecule has 1 N–H and O–H groups in total. The normalized spacial score (nSPS) is 16.6. The number of rotatable bonds is 2. The summed E-state index contributed by atoms with van der Waals surface area (Å²) in [6.07, 6.45) is -4.90. The standard InChI is InChI=1S/C24H26F3N3O3/c1-23(2,3)33-22(31)30(18-13-28-14-18)21-19-12-16(6-9-20(19)32-11-10-29-21)15-4-7-17(8-5-15)24(25,26)27/h4-9,12,18,28H,10-11,13-14H2,1-3H3. The van der Waals surface area contributed by atoms with Gasteiger partial charge in [0.05, 0.1) is 23.7 Å². The van der Waals surface area contributed by atoms with Crippen molar-refractivity contribution in [3.05, 3.63) is 53.6 Å². The van der Waals surface area contributed by atoms with Crippen LogP contribution in [-0.2, 0) is 10.9 Å². The van der Waals surface area contributed by atoms with Crippen LogP contribution < -0.4 is 10.1 Å². The third kappa shape index (κ3) is 5.13. The van der Waals surface area contributed by atoms with E-state index in [0.717, 1.165) is 12.1 Å². The van der Waals surface area contributed by atoms with Crippen molar-refractivity contribution in [3.8, 4) is 16.9 Å². The third-order valence-electron chi connectivity index (χ3n) is 5.32. The second-order valence-electron chi connectivity index (χ2n) is 9.00. The Morgan fingerprint density at radius 1 is 1.09 bits per heavy atom. The Morgan fingerprint density at radius 2 is 1.76 bits per heavy atom. The molecule has 2 heterocycles. The van der Waals surface area contributed by atoms with E-state index in [2.05, 4.69) is 10.3 Å². The number of alkyl halides is 3. The third-order valence-corrected chi connectivity index (χ3v) is 5.32. The van der Waals surface area contributed by atoms with Crippen molar-refractivity contribution in [2.75, 3.05) is 26.2 Å². The molecule has 0 aliphatic carbocycles. The van der Waals surface area contributed by atoms with Crippen LogP contribution in [0, 0.1) is 0 Å². The predicted octanol–water partition coefficient (Wildman–Crippen LogP) is 4.72. The molecular formula is C24H26F3N3O3. The highest BCUT2D eigenvalue weighted by molar-refractivity contribution is 6.09. The maximum Gasteiger partial charge on any atom is 0.416 e. The number of carbonyl (C=O) groups is 1. The molecule has 0 aromatic heterocycles. The van der Waals surface area contributed by atoms with E-state index in [4.69, 9.17) is 9.47 Å². The van der Waals surface area contributed by atoms with Gasteiger partial charge in [0.2, 0.25) is 0 Å². The van der Waals surface area contributed by atoms with E-state index < -0.39 is 23.4 Å². The second-order valence-corrected chi connectivity index (χ2v) is 9.00. The first kappa shape index (κ1) is 23.1. The monoisotopic (exact) mass is 461 g/mol. The van der Waals surface area contributed by atoms with E-state index >= 15 is 0 Å². The molecule has 0 radical (unpaired) electrons. The Bertz CT molecular complexity index is 1060. The van der Waals surface area contributed by atoms with Gasteiger partial charge in [-0.2, -0.15) is 13.2 Å². The molecule has 1 saturated heterocycles. The van der Waals surface area contributed by atoms with Gasteiger partial charge in [-0.05, 0) is 56.2 Å². The van der Waals surface area contributed by atoms with Crippen molar-refractivity contribution < 1.29 is 27.4 Å². The van der Waals surface area contributed by atoms with Gasteiger partial charge in [0.25, 0.3) is 0 Å². The lowest BCUT2D eigenvalue weighted by Gasteiger charge is -2.39. The van der Waals surface area contributed by atoms with Gasteiger partial charge in [-0.1, -0.05) is 18.2 Å². The van der Waals surface area contributed by atoms with Gasteiger partial charge in [-0.3, -0.25) is 9.89 Å². The van der Waals surface area contributed by atoms with E-state index in [0.29, 0.717) is 54.5 Å². The molecule has 176 valence electrons. The molecule has 2 aliphatic rings. The summed E-state index contributed by atoms with van der Waals surface area (Å²) >= 11 is 0. The number of hydrogen-bond donors (Lipinski definition) is 1. The maximum atomic E-state index is 13.1. The second kappa shape index (κ2) is 8.70. The Kier molecular flexibility index (Phi) is 6.09. The van der Waals surface area contributed by atoms with E-state index in [-0.39, 0.29) is 6.04 Å². The molecule has 6 nitrogen and oxygen atoms in total. The van der Waals surface area contributed by atoms with Crippen LogP contribution in [0.15, 0.2) is 47.5 Å². The van der Waals surface area contributed by atoms with Gasteiger partial charge < -0.3 is 14.8 Å². The number of hydrogen-bond acceptors (Lipinski definition) is 5. The number of benzene rings is 2. The van der Waals surface area contributed by atoms with Crippen molar-refractivity contribution >= 4 is 11.9 Å². The number of ether oxygens (including phenoxy) is 2. The van der Waals surface area contributed by atoms with Crippen LogP contribution in [-0.4, -0.2) is 54.7 Å². The number of nitrogens with one attached hydrogen (secondary N) is 1. The minimum atomic E-state index is -4.40. The molecule has 2 aromatic carbocycles. The molecule has 0 bridgehead atoms. The number of halogens is 3. The van der Waals surface area contributed by atoms with Gasteiger partial charge in [-0.15, -0.1) is 0 Å². The number of amides is 1. The molecule has 2 aromatic rings. The Balaban J connectivity index is 1.73. The number of carbonyl (C=O) groups excluding carboxylic acids is 1. The quantitative estimate of drug-likeness (QED) is 0.703. The largest absolute Gasteiger partial charge is 0.491 e. The van der Waals surface area contributed by atoms with Crippen molar-refractivity contribution in [1.82, 2.24) is 10.2 Å². The van der Waals surface area contributed by atoms with Gasteiger partial charge in [0, 0.05) is 13.1 Å². The van der Waals surface area contributed by atoms with Gasteiger partial charge in [0.1, 0.15) is 23.8 Å². The van der Waals surface area contributed by atoms with Crippen LogP contribution in [0.5, 0.6) is 5.75 Å². The van der Waals surface area contributed by atoms with Crippen LogP contribution in [0.2, 0.25) is 0 Å². The first-order chi connectivity index (χ1) is 15.5. The highest BCUT2D eigenvalue weighted by Crippen LogP contribution is 2.34. The average Bonchev–Trinajstić information content (AvgIpc) is 2.90. The van der Waals surface area contributed by atoms with Gasteiger partial charge >= 0.3 is 12.3 Å². The van der Waals surface area contributed by atoms with Crippen LogP contribution in [0.4, 0.5) is 18.0 Å². The van der Waals surface area contributed by atoms with E-state index in [1.165, 1.54) is 12.1 Å². The van der Waals surface area contributed by atoms with Crippen LogP contribution >= 0.6 is 0 Å². The van der Waals surface area contributed by atoms with Crippen LogP contribution in [0.25, 0.3) is 11.1 Å². The molecule has 0 atom stereocenters. The summed E-state index contributed by atoms with van der Waals surface area (Å²) in [4.78, 5) is 19.4. The number of amidine groups is 1. The first-order valence-electron chi connectivity index (χ1n) is 10.8. The van der Waals surface area contributed by atoms with E-state index in [9.17, 15) is 18.0 Å². The molecule has 2 aliphatic heterocycles. The summed E-state index contributed by atoms with van der Waals surface area (Å²) in [7, 11) is 0. The highest BCUT2D eigenvalue weighted by Gasteiger charge is 2.37. The van der Waals surface area contributed by atoms with Crippen molar-refractivity contribution in [2.24, 2.45) is 4.99 Å². The van der Waals surface area contributed by atoms with Crippen molar-refractivity contribution in [1.29, 1.82) is 0 Å². The number of aliphatic imine (C=N–C) groups is 1. The fraction of sp³-hybridized carbons (Fsp3) is 0.417. The topological polar surface area (TPSA) is 63.2 Å². The fourth-order valence-corrected chi connectivity index (χ4v) is 3.64. The molecule has 1 amide bonds. The summed E-state index contributed by atoms with van der Waals surface area (Å²) in [6.45, 7) is 7.32. The van der Waals surface area contributed by atoms with Crippen LogP contribution in [0.1, 0.15) is 31.9 Å².